The summed E-state index contributed by atoms with van der Waals surface area (Å²) in [5, 5.41) is 0.551. The number of rotatable bonds is 4. The van der Waals surface area contributed by atoms with Crippen LogP contribution in [-0.2, 0) is 19.6 Å². The van der Waals surface area contributed by atoms with Crippen LogP contribution in [0.2, 0.25) is 0 Å². The van der Waals surface area contributed by atoms with Crippen molar-refractivity contribution in [2.75, 3.05) is 0 Å². The number of allylic oxidation sites excluding steroid dienone is 3. The van der Waals surface area contributed by atoms with Crippen LogP contribution in [0.15, 0.2) is 54.7 Å². The summed E-state index contributed by atoms with van der Waals surface area (Å²) in [5.41, 5.74) is 0.0580. The molecule has 154 valence electrons. The third kappa shape index (κ3) is 4.17. The van der Waals surface area contributed by atoms with Gasteiger partial charge in [0.15, 0.2) is 5.65 Å². The molecule has 0 aromatic carbocycles. The van der Waals surface area contributed by atoms with Gasteiger partial charge in [0.05, 0.1) is 0 Å². The molecule has 2 heterocycles. The van der Waals surface area contributed by atoms with Crippen LogP contribution >= 0.6 is 0 Å². The van der Waals surface area contributed by atoms with Gasteiger partial charge in [-0.05, 0) is 64.5 Å². The fourth-order valence-corrected chi connectivity index (χ4v) is 4.72. The molecular weight excluding hydrogens is 395 g/mol. The summed E-state index contributed by atoms with van der Waals surface area (Å²) in [6.07, 6.45) is 9.59. The molecule has 1 unspecified atom stereocenters. The standard InChI is InChI=1S/C21H23FN2O4S/c1-20(2,3)28-18(25)10-9-15-14-24(19-17(15)8-6-12-23-19)29(26,27)21(4)11-5-7-16(22)13-21/h5-10,12-14H,11H2,1-4H3/b10-9+. The first-order chi connectivity index (χ1) is 13.4. The average Bonchev–Trinajstić information content (AvgIpc) is 2.98. The minimum Gasteiger partial charge on any atom is -0.457 e. The first kappa shape index (κ1) is 21.0. The van der Waals surface area contributed by atoms with E-state index in [0.29, 0.717) is 10.9 Å². The molecule has 6 nitrogen and oxygen atoms in total. The Bertz CT molecular complexity index is 1150. The van der Waals surface area contributed by atoms with Gasteiger partial charge in [-0.15, -0.1) is 0 Å². The molecule has 0 saturated carbocycles. The lowest BCUT2D eigenvalue weighted by Crippen LogP contribution is -2.38. The van der Waals surface area contributed by atoms with Crippen molar-refractivity contribution in [3.05, 3.63) is 60.2 Å². The first-order valence-electron chi connectivity index (χ1n) is 9.10. The van der Waals surface area contributed by atoms with Crippen LogP contribution in [0.25, 0.3) is 17.1 Å². The number of esters is 1. The highest BCUT2D eigenvalue weighted by atomic mass is 32.2. The van der Waals surface area contributed by atoms with E-state index in [0.717, 1.165) is 10.0 Å². The maximum absolute atomic E-state index is 13.8. The summed E-state index contributed by atoms with van der Waals surface area (Å²) in [7, 11) is -4.03. The molecule has 0 fully saturated rings. The van der Waals surface area contributed by atoms with Gasteiger partial charge < -0.3 is 4.74 Å². The number of fused-ring (bicyclic) bond motifs is 1. The van der Waals surface area contributed by atoms with E-state index in [-0.39, 0.29) is 12.1 Å². The maximum atomic E-state index is 13.8. The lowest BCUT2D eigenvalue weighted by atomic mass is 10.0. The molecule has 0 radical (unpaired) electrons. The molecule has 1 aliphatic carbocycles. The first-order valence-corrected chi connectivity index (χ1v) is 10.5. The molecule has 0 aliphatic heterocycles. The molecule has 1 atom stereocenters. The van der Waals surface area contributed by atoms with Crippen molar-refractivity contribution < 1.29 is 22.3 Å². The van der Waals surface area contributed by atoms with Gasteiger partial charge in [0.2, 0.25) is 10.0 Å². The number of ether oxygens (including phenoxy) is 1. The molecular formula is C21H23FN2O4S. The average molecular weight is 418 g/mol. The van der Waals surface area contributed by atoms with Crippen molar-refractivity contribution in [3.63, 3.8) is 0 Å². The summed E-state index contributed by atoms with van der Waals surface area (Å²) >= 11 is 0. The van der Waals surface area contributed by atoms with Gasteiger partial charge in [-0.3, -0.25) is 0 Å². The molecule has 29 heavy (non-hydrogen) atoms. The number of carbonyl (C=O) groups is 1. The van der Waals surface area contributed by atoms with E-state index >= 15 is 0 Å². The number of carbonyl (C=O) groups excluding carboxylic acids is 1. The second-order valence-electron chi connectivity index (χ2n) is 8.08. The second-order valence-corrected chi connectivity index (χ2v) is 10.4. The molecule has 2 aromatic heterocycles. The molecule has 2 aromatic rings. The SMILES string of the molecule is CC(C)(C)OC(=O)/C=C/c1cn(S(=O)(=O)C2(C)C=C(F)C=CC2)c2ncccc12. The number of hydrogen-bond acceptors (Lipinski definition) is 5. The Kier molecular flexibility index (Phi) is 5.25. The number of halogens is 1. The molecule has 0 N–H and O–H groups in total. The van der Waals surface area contributed by atoms with Crippen molar-refractivity contribution in [2.24, 2.45) is 0 Å². The van der Waals surface area contributed by atoms with Crippen LogP contribution in [0.5, 0.6) is 0 Å². The lowest BCUT2D eigenvalue weighted by molar-refractivity contribution is -0.148. The van der Waals surface area contributed by atoms with Gasteiger partial charge in [0.25, 0.3) is 0 Å². The number of pyridine rings is 1. The molecule has 0 spiro atoms. The van der Waals surface area contributed by atoms with Gasteiger partial charge in [-0.2, -0.15) is 0 Å². The van der Waals surface area contributed by atoms with Crippen molar-refractivity contribution in [2.45, 2.75) is 44.5 Å². The van der Waals surface area contributed by atoms with E-state index in [2.05, 4.69) is 4.98 Å². The van der Waals surface area contributed by atoms with Crippen molar-refractivity contribution in [1.82, 2.24) is 8.96 Å². The summed E-state index contributed by atoms with van der Waals surface area (Å²) in [6, 6.07) is 3.39. The fourth-order valence-electron chi connectivity index (χ4n) is 3.07. The number of hydrogen-bond donors (Lipinski definition) is 0. The maximum Gasteiger partial charge on any atom is 0.331 e. The third-order valence-electron chi connectivity index (χ3n) is 4.46. The van der Waals surface area contributed by atoms with Crippen LogP contribution in [0.1, 0.15) is 39.7 Å². The van der Waals surface area contributed by atoms with Gasteiger partial charge in [-0.1, -0.05) is 6.08 Å². The Labute approximate surface area is 169 Å². The monoisotopic (exact) mass is 418 g/mol. The zero-order valence-corrected chi connectivity index (χ0v) is 17.5. The smallest absolute Gasteiger partial charge is 0.331 e. The van der Waals surface area contributed by atoms with Crippen LogP contribution in [-0.4, -0.2) is 33.7 Å². The Morgan fingerprint density at radius 3 is 2.76 bits per heavy atom. The van der Waals surface area contributed by atoms with Crippen LogP contribution in [0, 0.1) is 0 Å². The van der Waals surface area contributed by atoms with Gasteiger partial charge in [0, 0.05) is 29.4 Å². The number of aromatic nitrogens is 2. The van der Waals surface area contributed by atoms with Crippen molar-refractivity contribution >= 4 is 33.1 Å². The topological polar surface area (TPSA) is 78.3 Å². The Morgan fingerprint density at radius 2 is 2.10 bits per heavy atom. The van der Waals surface area contributed by atoms with E-state index in [4.69, 9.17) is 4.74 Å². The minimum absolute atomic E-state index is 0.137. The highest BCUT2D eigenvalue weighted by Crippen LogP contribution is 2.34. The molecule has 3 rings (SSSR count). The van der Waals surface area contributed by atoms with E-state index in [1.165, 1.54) is 43.6 Å². The molecule has 1 aliphatic rings. The predicted molar refractivity (Wildman–Crippen MR) is 110 cm³/mol. The largest absolute Gasteiger partial charge is 0.457 e. The highest BCUT2D eigenvalue weighted by Gasteiger charge is 2.40. The van der Waals surface area contributed by atoms with Crippen LogP contribution in [0.3, 0.4) is 0 Å². The van der Waals surface area contributed by atoms with Gasteiger partial charge >= 0.3 is 5.97 Å². The normalized spacial score (nSPS) is 20.2. The van der Waals surface area contributed by atoms with Crippen molar-refractivity contribution in [3.8, 4) is 0 Å². The Hall–Kier alpha value is -2.74. The zero-order valence-electron chi connectivity index (χ0n) is 16.7. The van der Waals surface area contributed by atoms with Crippen molar-refractivity contribution in [1.29, 1.82) is 0 Å². The second kappa shape index (κ2) is 7.26. The number of nitrogens with zero attached hydrogens (tertiary/aromatic N) is 2. The predicted octanol–water partition coefficient (Wildman–Crippen LogP) is 4.14. The van der Waals surface area contributed by atoms with E-state index < -0.39 is 32.2 Å². The minimum atomic E-state index is -4.03. The zero-order chi connectivity index (χ0) is 21.4. The van der Waals surface area contributed by atoms with E-state index in [1.54, 1.807) is 32.9 Å². The van der Waals surface area contributed by atoms with E-state index in [9.17, 15) is 17.6 Å². The molecule has 0 saturated heterocycles. The molecule has 8 heteroatoms. The summed E-state index contributed by atoms with van der Waals surface area (Å²) in [5.74, 6) is -1.14. The highest BCUT2D eigenvalue weighted by molar-refractivity contribution is 7.91. The molecule has 0 amide bonds. The van der Waals surface area contributed by atoms with Crippen LogP contribution < -0.4 is 0 Å². The summed E-state index contributed by atoms with van der Waals surface area (Å²) in [6.45, 7) is 6.74. The quantitative estimate of drug-likeness (QED) is 0.551. The van der Waals surface area contributed by atoms with E-state index in [1.807, 2.05) is 0 Å². The summed E-state index contributed by atoms with van der Waals surface area (Å²) in [4.78, 5) is 16.2. The van der Waals surface area contributed by atoms with Crippen LogP contribution in [0.4, 0.5) is 4.39 Å². The molecule has 0 bridgehead atoms. The Balaban J connectivity index is 2.07. The van der Waals surface area contributed by atoms with Gasteiger partial charge in [0.1, 0.15) is 16.2 Å². The van der Waals surface area contributed by atoms with Gasteiger partial charge in [-0.25, -0.2) is 26.6 Å². The Morgan fingerprint density at radius 1 is 1.38 bits per heavy atom. The lowest BCUT2D eigenvalue weighted by Gasteiger charge is -2.27. The third-order valence-corrected chi connectivity index (χ3v) is 6.72. The summed E-state index contributed by atoms with van der Waals surface area (Å²) < 4.78 is 45.4. The fraction of sp³-hybridized carbons (Fsp3) is 0.333.